The minimum absolute atomic E-state index is 0.0776. The maximum atomic E-state index is 11.9. The molecular formula is C11H23N3O4S. The van der Waals surface area contributed by atoms with Crippen molar-refractivity contribution >= 4 is 16.1 Å². The number of hydrogen-bond donors (Lipinski definition) is 3. The zero-order valence-electron chi connectivity index (χ0n) is 11.0. The molecule has 1 heterocycles. The summed E-state index contributed by atoms with van der Waals surface area (Å²) in [6.45, 7) is 1.68. The van der Waals surface area contributed by atoms with Crippen molar-refractivity contribution in [3.05, 3.63) is 0 Å². The van der Waals surface area contributed by atoms with Crippen LogP contribution in [0.4, 0.5) is 0 Å². The van der Waals surface area contributed by atoms with Crippen LogP contribution in [0.5, 0.6) is 0 Å². The molecule has 1 aliphatic rings. The van der Waals surface area contributed by atoms with E-state index in [0.29, 0.717) is 25.8 Å². The van der Waals surface area contributed by atoms with Crippen LogP contribution in [0, 0.1) is 5.92 Å². The molecule has 0 spiro atoms. The number of piperidine rings is 1. The van der Waals surface area contributed by atoms with E-state index in [-0.39, 0.29) is 25.0 Å². The summed E-state index contributed by atoms with van der Waals surface area (Å²) in [5.74, 6) is 0.197. The normalized spacial score (nSPS) is 20.5. The van der Waals surface area contributed by atoms with Crippen LogP contribution in [0.1, 0.15) is 32.1 Å². The Morgan fingerprint density at radius 1 is 1.42 bits per heavy atom. The fourth-order valence-corrected chi connectivity index (χ4v) is 2.71. The maximum Gasteiger partial charge on any atom is 0.274 e. The van der Waals surface area contributed by atoms with Crippen molar-refractivity contribution in [3.63, 3.8) is 0 Å². The third kappa shape index (κ3) is 6.86. The monoisotopic (exact) mass is 293 g/mol. The van der Waals surface area contributed by atoms with Gasteiger partial charge in [0.15, 0.2) is 0 Å². The van der Waals surface area contributed by atoms with Crippen LogP contribution >= 0.6 is 0 Å². The lowest BCUT2D eigenvalue weighted by atomic mass is 9.98. The van der Waals surface area contributed by atoms with E-state index in [1.807, 2.05) is 0 Å². The first-order chi connectivity index (χ1) is 8.92. The second-order valence-corrected chi connectivity index (χ2v) is 6.30. The average Bonchev–Trinajstić information content (AvgIpc) is 2.36. The van der Waals surface area contributed by atoms with Gasteiger partial charge in [0.25, 0.3) is 10.2 Å². The van der Waals surface area contributed by atoms with Crippen molar-refractivity contribution in [3.8, 4) is 0 Å². The van der Waals surface area contributed by atoms with Gasteiger partial charge in [-0.3, -0.25) is 4.79 Å². The van der Waals surface area contributed by atoms with Crippen molar-refractivity contribution in [2.45, 2.75) is 32.1 Å². The van der Waals surface area contributed by atoms with Crippen LogP contribution in [-0.4, -0.2) is 50.6 Å². The lowest BCUT2D eigenvalue weighted by Crippen LogP contribution is -2.44. The number of aliphatic hydroxyl groups is 1. The number of nitrogens with zero attached hydrogens (tertiary/aromatic N) is 1. The highest BCUT2D eigenvalue weighted by Gasteiger charge is 2.23. The number of carbonyl (C=O) groups excluding carboxylic acids is 1. The Kier molecular flexibility index (Phi) is 6.70. The van der Waals surface area contributed by atoms with Crippen molar-refractivity contribution in [1.82, 2.24) is 9.62 Å². The van der Waals surface area contributed by atoms with Gasteiger partial charge in [-0.1, -0.05) is 0 Å². The van der Waals surface area contributed by atoms with E-state index in [1.165, 1.54) is 0 Å². The minimum atomic E-state index is -3.66. The first kappa shape index (κ1) is 16.4. The predicted octanol–water partition coefficient (Wildman–Crippen LogP) is -0.819. The molecule has 7 nitrogen and oxygen atoms in total. The quantitative estimate of drug-likeness (QED) is 0.532. The molecule has 112 valence electrons. The molecule has 1 rings (SSSR count). The zero-order valence-corrected chi connectivity index (χ0v) is 11.9. The Morgan fingerprint density at radius 2 is 2.16 bits per heavy atom. The molecule has 1 saturated heterocycles. The summed E-state index contributed by atoms with van der Waals surface area (Å²) in [5.41, 5.74) is 0. The van der Waals surface area contributed by atoms with Crippen molar-refractivity contribution in [2.75, 3.05) is 26.2 Å². The SMILES string of the molecule is NS(=O)(=O)NCC1CCCN(C(=O)CCCCO)C1. The Morgan fingerprint density at radius 3 is 2.79 bits per heavy atom. The summed E-state index contributed by atoms with van der Waals surface area (Å²) < 4.78 is 23.9. The van der Waals surface area contributed by atoms with Gasteiger partial charge >= 0.3 is 0 Å². The summed E-state index contributed by atoms with van der Waals surface area (Å²) in [6.07, 6.45) is 3.53. The molecule has 1 atom stereocenters. The third-order valence-electron chi connectivity index (χ3n) is 3.24. The fourth-order valence-electron chi connectivity index (χ4n) is 2.24. The van der Waals surface area contributed by atoms with E-state index in [1.54, 1.807) is 4.90 Å². The highest BCUT2D eigenvalue weighted by molar-refractivity contribution is 7.87. The maximum absolute atomic E-state index is 11.9. The summed E-state index contributed by atoms with van der Waals surface area (Å²) in [5, 5.41) is 13.6. The van der Waals surface area contributed by atoms with Gasteiger partial charge in [0.2, 0.25) is 5.91 Å². The van der Waals surface area contributed by atoms with Crippen LogP contribution in [0.15, 0.2) is 0 Å². The third-order valence-corrected chi connectivity index (χ3v) is 3.81. The van der Waals surface area contributed by atoms with Gasteiger partial charge in [-0.25, -0.2) is 9.86 Å². The largest absolute Gasteiger partial charge is 0.396 e. The number of carbonyl (C=O) groups is 1. The second kappa shape index (κ2) is 7.78. The van der Waals surface area contributed by atoms with Crippen molar-refractivity contribution < 1.29 is 18.3 Å². The van der Waals surface area contributed by atoms with Crippen LogP contribution in [0.25, 0.3) is 0 Å². The standard InChI is InChI=1S/C11H23N3O4S/c12-19(17,18)13-8-10-4-3-6-14(9-10)11(16)5-1-2-7-15/h10,13,15H,1-9H2,(H2,12,17,18). The summed E-state index contributed by atoms with van der Waals surface area (Å²) in [7, 11) is -3.66. The molecule has 0 bridgehead atoms. The molecule has 1 unspecified atom stereocenters. The summed E-state index contributed by atoms with van der Waals surface area (Å²) in [6, 6.07) is 0. The molecule has 0 aromatic heterocycles. The Balaban J connectivity index is 2.34. The van der Waals surface area contributed by atoms with E-state index in [9.17, 15) is 13.2 Å². The van der Waals surface area contributed by atoms with Crippen molar-refractivity contribution in [2.24, 2.45) is 11.1 Å². The second-order valence-electron chi connectivity index (χ2n) is 4.92. The summed E-state index contributed by atoms with van der Waals surface area (Å²) >= 11 is 0. The van der Waals surface area contributed by atoms with Crippen molar-refractivity contribution in [1.29, 1.82) is 0 Å². The van der Waals surface area contributed by atoms with E-state index in [0.717, 1.165) is 19.4 Å². The van der Waals surface area contributed by atoms with Gasteiger partial charge in [-0.2, -0.15) is 8.42 Å². The molecule has 19 heavy (non-hydrogen) atoms. The smallest absolute Gasteiger partial charge is 0.274 e. The Labute approximate surface area is 114 Å². The number of aliphatic hydroxyl groups excluding tert-OH is 1. The predicted molar refractivity (Wildman–Crippen MR) is 71.4 cm³/mol. The molecule has 0 radical (unpaired) electrons. The molecule has 1 aliphatic heterocycles. The van der Waals surface area contributed by atoms with Crippen LogP contribution < -0.4 is 9.86 Å². The number of nitrogens with two attached hydrogens (primary N) is 1. The lowest BCUT2D eigenvalue weighted by Gasteiger charge is -2.32. The Hall–Kier alpha value is -0.700. The molecule has 8 heteroatoms. The number of hydrogen-bond acceptors (Lipinski definition) is 4. The van der Waals surface area contributed by atoms with Gasteiger partial charge in [-0.05, 0) is 31.6 Å². The highest BCUT2D eigenvalue weighted by Crippen LogP contribution is 2.17. The number of amides is 1. The van der Waals surface area contributed by atoms with Crippen LogP contribution in [-0.2, 0) is 15.0 Å². The minimum Gasteiger partial charge on any atom is -0.396 e. The van der Waals surface area contributed by atoms with E-state index < -0.39 is 10.2 Å². The molecule has 4 N–H and O–H groups in total. The fraction of sp³-hybridized carbons (Fsp3) is 0.909. The van der Waals surface area contributed by atoms with Gasteiger partial charge in [0.05, 0.1) is 0 Å². The van der Waals surface area contributed by atoms with Gasteiger partial charge in [0.1, 0.15) is 0 Å². The molecule has 0 aromatic rings. The molecule has 0 saturated carbocycles. The van der Waals surface area contributed by atoms with E-state index in [4.69, 9.17) is 10.2 Å². The van der Waals surface area contributed by atoms with Gasteiger partial charge in [0, 0.05) is 32.7 Å². The number of nitrogens with one attached hydrogen (secondary N) is 1. The molecular weight excluding hydrogens is 270 g/mol. The van der Waals surface area contributed by atoms with Gasteiger partial charge < -0.3 is 10.0 Å². The van der Waals surface area contributed by atoms with E-state index in [2.05, 4.69) is 4.72 Å². The van der Waals surface area contributed by atoms with Gasteiger partial charge in [-0.15, -0.1) is 0 Å². The summed E-state index contributed by atoms with van der Waals surface area (Å²) in [4.78, 5) is 13.7. The first-order valence-corrected chi connectivity index (χ1v) is 8.13. The molecule has 0 aliphatic carbocycles. The molecule has 0 aromatic carbocycles. The number of unbranched alkanes of at least 4 members (excludes halogenated alkanes) is 1. The first-order valence-electron chi connectivity index (χ1n) is 6.58. The number of rotatable bonds is 7. The Bertz CT molecular complexity index is 385. The molecule has 1 amide bonds. The topological polar surface area (TPSA) is 113 Å². The lowest BCUT2D eigenvalue weighted by molar-refractivity contribution is -0.133. The average molecular weight is 293 g/mol. The van der Waals surface area contributed by atoms with Crippen LogP contribution in [0.3, 0.4) is 0 Å². The molecule has 1 fully saturated rings. The highest BCUT2D eigenvalue weighted by atomic mass is 32.2. The zero-order chi connectivity index (χ0) is 14.3. The number of likely N-dealkylation sites (tertiary alicyclic amines) is 1. The van der Waals surface area contributed by atoms with E-state index >= 15 is 0 Å². The van der Waals surface area contributed by atoms with Crippen LogP contribution in [0.2, 0.25) is 0 Å².